The van der Waals surface area contributed by atoms with Gasteiger partial charge in [-0.2, -0.15) is 0 Å². The summed E-state index contributed by atoms with van der Waals surface area (Å²) in [7, 11) is 0. The SMILES string of the molecule is CC(C)OC(=O)N[C@@H](CCC(=O)O)C(=O)O. The van der Waals surface area contributed by atoms with Gasteiger partial charge in [-0.05, 0) is 20.3 Å². The fraction of sp³-hybridized carbons (Fsp3) is 0.667. The number of carboxylic acid groups (broad SMARTS) is 2. The summed E-state index contributed by atoms with van der Waals surface area (Å²) in [4.78, 5) is 32.0. The van der Waals surface area contributed by atoms with Gasteiger partial charge >= 0.3 is 18.0 Å². The molecule has 0 aliphatic rings. The normalized spacial score (nSPS) is 11.9. The Bertz CT molecular complexity index is 275. The van der Waals surface area contributed by atoms with Crippen LogP contribution < -0.4 is 5.32 Å². The maximum atomic E-state index is 11.1. The molecule has 0 fully saturated rings. The molecule has 1 atom stereocenters. The zero-order valence-electron chi connectivity index (χ0n) is 9.10. The standard InChI is InChI=1S/C9H15NO6/c1-5(2)16-9(15)10-6(8(13)14)3-4-7(11)12/h5-6H,3-4H2,1-2H3,(H,10,15)(H,11,12)(H,13,14)/t6-/m0/s1. The number of amides is 1. The van der Waals surface area contributed by atoms with Gasteiger partial charge in [-0.1, -0.05) is 0 Å². The van der Waals surface area contributed by atoms with Crippen LogP contribution in [0.4, 0.5) is 4.79 Å². The number of carboxylic acids is 2. The fourth-order valence-electron chi connectivity index (χ4n) is 0.916. The van der Waals surface area contributed by atoms with Gasteiger partial charge in [0, 0.05) is 6.42 Å². The summed E-state index contributed by atoms with van der Waals surface area (Å²) in [6.45, 7) is 3.24. The molecule has 0 aromatic rings. The Morgan fingerprint density at radius 3 is 2.19 bits per heavy atom. The molecule has 0 bridgehead atoms. The van der Waals surface area contributed by atoms with Crippen molar-refractivity contribution in [3.05, 3.63) is 0 Å². The maximum Gasteiger partial charge on any atom is 0.408 e. The number of carbonyl (C=O) groups excluding carboxylic acids is 1. The van der Waals surface area contributed by atoms with Gasteiger partial charge in [0.1, 0.15) is 6.04 Å². The molecule has 0 aromatic heterocycles. The Kier molecular flexibility index (Phi) is 5.91. The van der Waals surface area contributed by atoms with Gasteiger partial charge in [-0.25, -0.2) is 9.59 Å². The van der Waals surface area contributed by atoms with Gasteiger partial charge in [0.2, 0.25) is 0 Å². The first-order valence-electron chi connectivity index (χ1n) is 4.74. The van der Waals surface area contributed by atoms with E-state index in [0.29, 0.717) is 0 Å². The summed E-state index contributed by atoms with van der Waals surface area (Å²) >= 11 is 0. The van der Waals surface area contributed by atoms with Crippen molar-refractivity contribution in [3.63, 3.8) is 0 Å². The lowest BCUT2D eigenvalue weighted by molar-refractivity contribution is -0.140. The van der Waals surface area contributed by atoms with Gasteiger partial charge < -0.3 is 20.3 Å². The predicted molar refractivity (Wildman–Crippen MR) is 53.0 cm³/mol. The second-order valence-electron chi connectivity index (χ2n) is 3.42. The van der Waals surface area contributed by atoms with Crippen LogP contribution in [0.25, 0.3) is 0 Å². The van der Waals surface area contributed by atoms with Crippen molar-refractivity contribution in [3.8, 4) is 0 Å². The molecule has 0 saturated heterocycles. The number of rotatable bonds is 6. The molecule has 1 amide bonds. The molecule has 92 valence electrons. The van der Waals surface area contributed by atoms with Crippen LogP contribution in [0.3, 0.4) is 0 Å². The summed E-state index contributed by atoms with van der Waals surface area (Å²) in [5.41, 5.74) is 0. The van der Waals surface area contributed by atoms with Gasteiger partial charge in [0.05, 0.1) is 6.10 Å². The zero-order valence-corrected chi connectivity index (χ0v) is 9.10. The molecule has 3 N–H and O–H groups in total. The molecular weight excluding hydrogens is 218 g/mol. The van der Waals surface area contributed by atoms with Crippen LogP contribution >= 0.6 is 0 Å². The van der Waals surface area contributed by atoms with Crippen molar-refractivity contribution in [1.82, 2.24) is 5.32 Å². The van der Waals surface area contributed by atoms with Gasteiger partial charge in [0.15, 0.2) is 0 Å². The molecule has 0 saturated carbocycles. The fourth-order valence-corrected chi connectivity index (χ4v) is 0.916. The first-order chi connectivity index (χ1) is 7.32. The highest BCUT2D eigenvalue weighted by molar-refractivity contribution is 5.80. The van der Waals surface area contributed by atoms with Crippen LogP contribution in [0.5, 0.6) is 0 Å². The molecule has 0 aliphatic carbocycles. The van der Waals surface area contributed by atoms with E-state index in [0.717, 1.165) is 0 Å². The third kappa shape index (κ3) is 6.63. The molecular formula is C9H15NO6. The third-order valence-corrected chi connectivity index (χ3v) is 1.58. The lowest BCUT2D eigenvalue weighted by Gasteiger charge is -2.14. The summed E-state index contributed by atoms with van der Waals surface area (Å²) in [6.07, 6.45) is -1.75. The number of carbonyl (C=O) groups is 3. The van der Waals surface area contributed by atoms with E-state index in [1.807, 2.05) is 0 Å². The number of nitrogens with one attached hydrogen (secondary N) is 1. The first-order valence-corrected chi connectivity index (χ1v) is 4.74. The van der Waals surface area contributed by atoms with Crippen LogP contribution in [-0.4, -0.2) is 40.4 Å². The van der Waals surface area contributed by atoms with Crippen LogP contribution in [0.2, 0.25) is 0 Å². The second kappa shape index (κ2) is 6.65. The summed E-state index contributed by atoms with van der Waals surface area (Å²) < 4.78 is 4.68. The first kappa shape index (κ1) is 14.2. The zero-order chi connectivity index (χ0) is 12.7. The summed E-state index contributed by atoms with van der Waals surface area (Å²) in [6, 6.07) is -1.25. The molecule has 7 heteroatoms. The number of ether oxygens (including phenoxy) is 1. The van der Waals surface area contributed by atoms with E-state index >= 15 is 0 Å². The lowest BCUT2D eigenvalue weighted by atomic mass is 10.1. The number of hydrogen-bond donors (Lipinski definition) is 3. The van der Waals surface area contributed by atoms with E-state index in [1.54, 1.807) is 13.8 Å². The average Bonchev–Trinajstić information content (AvgIpc) is 2.09. The summed E-state index contributed by atoms with van der Waals surface area (Å²) in [5.74, 6) is -2.41. The van der Waals surface area contributed by atoms with E-state index in [4.69, 9.17) is 10.2 Å². The molecule has 0 aromatic carbocycles. The van der Waals surface area contributed by atoms with Crippen molar-refractivity contribution in [2.45, 2.75) is 38.8 Å². The Labute approximate surface area is 92.4 Å². The number of aliphatic carboxylic acids is 2. The highest BCUT2D eigenvalue weighted by atomic mass is 16.6. The number of alkyl carbamates (subject to hydrolysis) is 1. The van der Waals surface area contributed by atoms with Crippen LogP contribution in [-0.2, 0) is 14.3 Å². The topological polar surface area (TPSA) is 113 Å². The largest absolute Gasteiger partial charge is 0.481 e. The molecule has 0 rings (SSSR count). The van der Waals surface area contributed by atoms with Crippen LogP contribution in [0.15, 0.2) is 0 Å². The highest BCUT2D eigenvalue weighted by Crippen LogP contribution is 1.99. The Morgan fingerprint density at radius 1 is 1.25 bits per heavy atom. The molecule has 0 heterocycles. The molecule has 16 heavy (non-hydrogen) atoms. The Hall–Kier alpha value is -1.79. The van der Waals surface area contributed by atoms with Crippen molar-refractivity contribution in [2.75, 3.05) is 0 Å². The van der Waals surface area contributed by atoms with Crippen LogP contribution in [0, 0.1) is 0 Å². The minimum atomic E-state index is -1.29. The third-order valence-electron chi connectivity index (χ3n) is 1.58. The van der Waals surface area contributed by atoms with E-state index in [2.05, 4.69) is 10.1 Å². The van der Waals surface area contributed by atoms with E-state index in [-0.39, 0.29) is 18.9 Å². The maximum absolute atomic E-state index is 11.1. The molecule has 7 nitrogen and oxygen atoms in total. The number of hydrogen-bond acceptors (Lipinski definition) is 4. The Morgan fingerprint density at radius 2 is 1.81 bits per heavy atom. The molecule has 0 spiro atoms. The summed E-state index contributed by atoms with van der Waals surface area (Å²) in [5, 5.41) is 19.2. The minimum Gasteiger partial charge on any atom is -0.481 e. The monoisotopic (exact) mass is 233 g/mol. The molecule has 0 radical (unpaired) electrons. The second-order valence-corrected chi connectivity index (χ2v) is 3.42. The minimum absolute atomic E-state index is 0.183. The van der Waals surface area contributed by atoms with Crippen molar-refractivity contribution >= 4 is 18.0 Å². The van der Waals surface area contributed by atoms with E-state index in [1.165, 1.54) is 0 Å². The predicted octanol–water partition coefficient (Wildman–Crippen LogP) is 0.439. The lowest BCUT2D eigenvalue weighted by Crippen LogP contribution is -2.42. The Balaban J connectivity index is 4.17. The molecule has 0 aliphatic heterocycles. The van der Waals surface area contributed by atoms with Gasteiger partial charge in [-0.3, -0.25) is 4.79 Å². The van der Waals surface area contributed by atoms with E-state index < -0.39 is 24.1 Å². The van der Waals surface area contributed by atoms with Crippen molar-refractivity contribution < 1.29 is 29.3 Å². The highest BCUT2D eigenvalue weighted by Gasteiger charge is 2.21. The smallest absolute Gasteiger partial charge is 0.408 e. The van der Waals surface area contributed by atoms with E-state index in [9.17, 15) is 14.4 Å². The van der Waals surface area contributed by atoms with Crippen molar-refractivity contribution in [1.29, 1.82) is 0 Å². The van der Waals surface area contributed by atoms with Gasteiger partial charge in [0.25, 0.3) is 0 Å². The average molecular weight is 233 g/mol. The molecule has 0 unspecified atom stereocenters. The van der Waals surface area contributed by atoms with Crippen molar-refractivity contribution in [2.24, 2.45) is 0 Å². The van der Waals surface area contributed by atoms with Gasteiger partial charge in [-0.15, -0.1) is 0 Å². The van der Waals surface area contributed by atoms with Crippen LogP contribution in [0.1, 0.15) is 26.7 Å². The quantitative estimate of drug-likeness (QED) is 0.613.